The summed E-state index contributed by atoms with van der Waals surface area (Å²) in [5, 5.41) is 23.7. The van der Waals surface area contributed by atoms with Gasteiger partial charge in [0.1, 0.15) is 11.1 Å². The molecule has 2 aliphatic rings. The first-order chi connectivity index (χ1) is 18.2. The van der Waals surface area contributed by atoms with Crippen molar-refractivity contribution >= 4 is 34.5 Å². The Morgan fingerprint density at radius 2 is 0.684 bits per heavy atom. The van der Waals surface area contributed by atoms with Gasteiger partial charge < -0.3 is 0 Å². The Morgan fingerprint density at radius 1 is 0.395 bits per heavy atom. The summed E-state index contributed by atoms with van der Waals surface area (Å²) in [4.78, 5) is 76.3. The first-order valence-corrected chi connectivity index (χ1v) is 11.2. The predicted octanol–water partition coefficient (Wildman–Crippen LogP) is 4.72. The van der Waals surface area contributed by atoms with E-state index in [9.17, 15) is 39.4 Å². The topological polar surface area (TPSA) is 155 Å². The molecule has 38 heavy (non-hydrogen) atoms. The van der Waals surface area contributed by atoms with Gasteiger partial charge in [0.25, 0.3) is 11.4 Å². The molecule has 0 saturated carbocycles. The summed E-state index contributed by atoms with van der Waals surface area (Å²) >= 11 is 0. The summed E-state index contributed by atoms with van der Waals surface area (Å²) in [6.45, 7) is 0. The normalized spacial score (nSPS) is 13.4. The second-order valence-electron chi connectivity index (χ2n) is 8.69. The smallest absolute Gasteiger partial charge is 0.281 e. The Balaban J connectivity index is 1.72. The third kappa shape index (κ3) is 2.94. The number of hydrogen-bond donors (Lipinski definition) is 0. The van der Waals surface area contributed by atoms with Crippen molar-refractivity contribution in [3.05, 3.63) is 138 Å². The fourth-order valence-electron chi connectivity index (χ4n) is 5.16. The summed E-state index contributed by atoms with van der Waals surface area (Å²) < 4.78 is 0. The molecule has 10 heteroatoms. The number of nitrogens with zero attached hydrogens (tertiary/aromatic N) is 2. The quantitative estimate of drug-likeness (QED) is 0.248. The maximum Gasteiger partial charge on any atom is 0.281 e. The highest BCUT2D eigenvalue weighted by Gasteiger charge is 2.41. The maximum atomic E-state index is 13.7. The van der Waals surface area contributed by atoms with E-state index in [1.165, 1.54) is 48.5 Å². The standard InChI is InChI=1S/C28H12N2O8/c31-25-15-5-1-3-7-17(15)27(33)23-19(29(35)36)11-9-13(21(23)25)14-10-12-20(30(37)38)24-22(14)26(32)16-6-2-4-8-18(16)28(24)34/h1-12H. The highest BCUT2D eigenvalue weighted by atomic mass is 16.6. The summed E-state index contributed by atoms with van der Waals surface area (Å²) in [7, 11) is 0. The molecule has 0 unspecified atom stereocenters. The van der Waals surface area contributed by atoms with Gasteiger partial charge in [-0.05, 0) is 23.3 Å². The van der Waals surface area contributed by atoms with Crippen LogP contribution in [0.3, 0.4) is 0 Å². The number of hydrogen-bond acceptors (Lipinski definition) is 8. The van der Waals surface area contributed by atoms with Gasteiger partial charge in [0.2, 0.25) is 11.6 Å². The number of carbonyl (C=O) groups is 4. The molecule has 0 heterocycles. The Hall–Kier alpha value is -5.64. The van der Waals surface area contributed by atoms with Crippen LogP contribution in [0.5, 0.6) is 0 Å². The van der Waals surface area contributed by atoms with Crippen LogP contribution in [-0.4, -0.2) is 33.0 Å². The first-order valence-electron chi connectivity index (χ1n) is 11.2. The van der Waals surface area contributed by atoms with Crippen molar-refractivity contribution < 1.29 is 29.0 Å². The highest BCUT2D eigenvalue weighted by molar-refractivity contribution is 6.34. The van der Waals surface area contributed by atoms with E-state index in [1.54, 1.807) is 12.1 Å². The minimum atomic E-state index is -0.780. The zero-order valence-corrected chi connectivity index (χ0v) is 19.1. The maximum absolute atomic E-state index is 13.7. The Morgan fingerprint density at radius 3 is 0.974 bits per heavy atom. The molecule has 0 atom stereocenters. The van der Waals surface area contributed by atoms with Crippen LogP contribution in [0.15, 0.2) is 72.8 Å². The molecule has 0 spiro atoms. The molecule has 182 valence electrons. The van der Waals surface area contributed by atoms with Crippen LogP contribution in [0.4, 0.5) is 11.4 Å². The summed E-state index contributed by atoms with van der Waals surface area (Å²) in [5.74, 6) is -2.86. The highest BCUT2D eigenvalue weighted by Crippen LogP contribution is 2.44. The number of ketones is 4. The fourth-order valence-corrected chi connectivity index (χ4v) is 5.16. The third-order valence-electron chi connectivity index (χ3n) is 6.79. The van der Waals surface area contributed by atoms with Gasteiger partial charge in [0.15, 0.2) is 11.6 Å². The van der Waals surface area contributed by atoms with Crippen LogP contribution in [0.25, 0.3) is 11.1 Å². The fraction of sp³-hybridized carbons (Fsp3) is 0. The summed E-state index contributed by atoms with van der Waals surface area (Å²) in [6, 6.07) is 16.3. The molecule has 0 bridgehead atoms. The number of fused-ring (bicyclic) bond motifs is 4. The van der Waals surface area contributed by atoms with Crippen molar-refractivity contribution in [1.82, 2.24) is 0 Å². The van der Waals surface area contributed by atoms with Crippen LogP contribution >= 0.6 is 0 Å². The molecule has 10 nitrogen and oxygen atoms in total. The monoisotopic (exact) mass is 504 g/mol. The minimum Gasteiger partial charge on any atom is -0.289 e. The van der Waals surface area contributed by atoms with Gasteiger partial charge in [0, 0.05) is 45.5 Å². The Kier molecular flexibility index (Phi) is 4.76. The Labute approximate surface area is 212 Å². The van der Waals surface area contributed by atoms with Crippen molar-refractivity contribution in [3.8, 4) is 11.1 Å². The lowest BCUT2D eigenvalue weighted by atomic mass is 9.76. The van der Waals surface area contributed by atoms with Gasteiger partial charge in [-0.1, -0.05) is 48.5 Å². The molecule has 0 amide bonds. The van der Waals surface area contributed by atoms with Crippen LogP contribution in [0, 0.1) is 20.2 Å². The van der Waals surface area contributed by atoms with E-state index in [4.69, 9.17) is 0 Å². The molecule has 0 radical (unpaired) electrons. The minimum absolute atomic E-state index is 0.00356. The number of benzene rings is 4. The van der Waals surface area contributed by atoms with E-state index in [-0.39, 0.29) is 44.5 Å². The molecule has 4 aromatic carbocycles. The van der Waals surface area contributed by atoms with E-state index in [0.717, 1.165) is 12.1 Å². The van der Waals surface area contributed by atoms with E-state index in [2.05, 4.69) is 0 Å². The molecule has 0 aromatic heterocycles. The van der Waals surface area contributed by atoms with Gasteiger partial charge >= 0.3 is 0 Å². The van der Waals surface area contributed by atoms with Gasteiger partial charge in [-0.25, -0.2) is 0 Å². The number of nitro groups is 2. The second-order valence-corrected chi connectivity index (χ2v) is 8.69. The van der Waals surface area contributed by atoms with E-state index < -0.39 is 55.5 Å². The van der Waals surface area contributed by atoms with Gasteiger partial charge in [-0.15, -0.1) is 0 Å². The van der Waals surface area contributed by atoms with Crippen molar-refractivity contribution in [3.63, 3.8) is 0 Å². The molecule has 0 aliphatic heterocycles. The lowest BCUT2D eigenvalue weighted by Gasteiger charge is -2.23. The summed E-state index contributed by atoms with van der Waals surface area (Å²) in [5.41, 5.74) is -2.71. The molecule has 0 N–H and O–H groups in total. The van der Waals surface area contributed by atoms with Crippen molar-refractivity contribution in [2.75, 3.05) is 0 Å². The molecule has 2 aliphatic carbocycles. The van der Waals surface area contributed by atoms with Crippen LogP contribution in [-0.2, 0) is 0 Å². The zero-order chi connectivity index (χ0) is 26.9. The van der Waals surface area contributed by atoms with Gasteiger partial charge in [0.05, 0.1) is 9.85 Å². The molecule has 4 aromatic rings. The molecule has 0 saturated heterocycles. The van der Waals surface area contributed by atoms with E-state index in [0.29, 0.717) is 0 Å². The first kappa shape index (κ1) is 22.8. The summed E-state index contributed by atoms with van der Waals surface area (Å²) in [6.07, 6.45) is 0. The average molecular weight is 504 g/mol. The van der Waals surface area contributed by atoms with Crippen LogP contribution < -0.4 is 0 Å². The van der Waals surface area contributed by atoms with Crippen LogP contribution in [0.1, 0.15) is 63.7 Å². The second kappa shape index (κ2) is 7.93. The molecular weight excluding hydrogens is 492 g/mol. The predicted molar refractivity (Wildman–Crippen MR) is 132 cm³/mol. The van der Waals surface area contributed by atoms with Crippen molar-refractivity contribution in [1.29, 1.82) is 0 Å². The van der Waals surface area contributed by atoms with Crippen molar-refractivity contribution in [2.24, 2.45) is 0 Å². The van der Waals surface area contributed by atoms with Crippen LogP contribution in [0.2, 0.25) is 0 Å². The zero-order valence-electron chi connectivity index (χ0n) is 19.1. The molecular formula is C28H12N2O8. The molecule has 6 rings (SSSR count). The lowest BCUT2D eigenvalue weighted by molar-refractivity contribution is -0.385. The average Bonchev–Trinajstić information content (AvgIpc) is 2.93. The van der Waals surface area contributed by atoms with Gasteiger partial charge in [-0.3, -0.25) is 39.4 Å². The molecule has 0 fully saturated rings. The Bertz CT molecular complexity index is 1720. The third-order valence-corrected chi connectivity index (χ3v) is 6.79. The number of nitro benzene ring substituents is 2. The van der Waals surface area contributed by atoms with Gasteiger partial charge in [-0.2, -0.15) is 0 Å². The van der Waals surface area contributed by atoms with E-state index >= 15 is 0 Å². The largest absolute Gasteiger partial charge is 0.289 e. The SMILES string of the molecule is O=C1c2ccccc2C(=O)c2c([N+](=O)[O-])ccc(-c3ccc([N+](=O)[O-])c4c3C(=O)c3ccccc3C4=O)c21. The van der Waals surface area contributed by atoms with Crippen molar-refractivity contribution in [2.45, 2.75) is 0 Å². The number of rotatable bonds is 3. The number of carbonyl (C=O) groups excluding carboxylic acids is 4. The lowest BCUT2D eigenvalue weighted by Crippen LogP contribution is -2.25. The van der Waals surface area contributed by atoms with E-state index in [1.807, 2.05) is 0 Å².